The van der Waals surface area contributed by atoms with Gasteiger partial charge in [-0.05, 0) is 50.5 Å². The van der Waals surface area contributed by atoms with E-state index in [1.165, 1.54) is 33.6 Å². The van der Waals surface area contributed by atoms with Gasteiger partial charge in [-0.25, -0.2) is 24.7 Å². The number of aromatic amines is 1. The average molecular weight is 656 g/mol. The zero-order valence-corrected chi connectivity index (χ0v) is 27.1. The van der Waals surface area contributed by atoms with Gasteiger partial charge in [0, 0.05) is 54.1 Å². The number of hydrogen-bond donors (Lipinski definition) is 5. The van der Waals surface area contributed by atoms with E-state index in [0.29, 0.717) is 12.2 Å². The molecule has 0 saturated carbocycles. The third-order valence-electron chi connectivity index (χ3n) is 7.91. The van der Waals surface area contributed by atoms with Crippen molar-refractivity contribution in [3.05, 3.63) is 83.2 Å². The number of nitrogens with one attached hydrogen (secondary N) is 2. The summed E-state index contributed by atoms with van der Waals surface area (Å²) in [6, 6.07) is 10.7. The van der Waals surface area contributed by atoms with Crippen LogP contribution in [0.5, 0.6) is 0 Å². The molecular formula is C32H37N11O3S. The summed E-state index contributed by atoms with van der Waals surface area (Å²) < 4.78 is 3.40. The molecule has 1 aliphatic heterocycles. The van der Waals surface area contributed by atoms with Gasteiger partial charge in [0.1, 0.15) is 11.8 Å². The zero-order valence-electron chi connectivity index (χ0n) is 26.3. The van der Waals surface area contributed by atoms with Crippen molar-refractivity contribution >= 4 is 45.6 Å². The number of nitrogens with zero attached hydrogens (tertiary/aromatic N) is 8. The van der Waals surface area contributed by atoms with E-state index in [9.17, 15) is 9.90 Å². The molecule has 47 heavy (non-hydrogen) atoms. The first-order chi connectivity index (χ1) is 22.7. The number of rotatable bonds is 8. The lowest BCUT2D eigenvalue weighted by Gasteiger charge is -2.11. The second kappa shape index (κ2) is 13.9. The van der Waals surface area contributed by atoms with Crippen LogP contribution in [0.15, 0.2) is 66.4 Å². The molecule has 6 heterocycles. The molecule has 15 heteroatoms. The van der Waals surface area contributed by atoms with E-state index in [1.807, 2.05) is 25.5 Å². The maximum absolute atomic E-state index is 11.5. The number of fused-ring (bicyclic) bond motifs is 2. The van der Waals surface area contributed by atoms with Gasteiger partial charge in [0.25, 0.3) is 0 Å². The monoisotopic (exact) mass is 655 g/mol. The Hall–Kier alpha value is -4.86. The quantitative estimate of drug-likeness (QED) is 0.160. The molecule has 3 atom stereocenters. The Morgan fingerprint density at radius 1 is 1.15 bits per heavy atom. The molecule has 0 amide bonds. The fourth-order valence-corrected chi connectivity index (χ4v) is 6.85. The first-order valence-electron chi connectivity index (χ1n) is 15.3. The predicted molar refractivity (Wildman–Crippen MR) is 183 cm³/mol. The smallest absolute Gasteiger partial charge is 0.353 e. The van der Waals surface area contributed by atoms with Crippen LogP contribution in [-0.2, 0) is 6.42 Å². The molecule has 3 unspecified atom stereocenters. The maximum Gasteiger partial charge on any atom is 0.353 e. The number of thioether (sulfide) groups is 1. The number of pyridine rings is 1. The van der Waals surface area contributed by atoms with Crippen molar-refractivity contribution < 1.29 is 10.2 Å². The summed E-state index contributed by atoms with van der Waals surface area (Å²) in [6.45, 7) is 6.90. The van der Waals surface area contributed by atoms with Crippen molar-refractivity contribution in [3.8, 4) is 11.4 Å². The second-order valence-electron chi connectivity index (χ2n) is 11.6. The Bertz CT molecular complexity index is 2060. The van der Waals surface area contributed by atoms with Crippen LogP contribution in [0.1, 0.15) is 42.8 Å². The molecule has 244 valence electrons. The lowest BCUT2D eigenvalue weighted by atomic mass is 10.1. The highest BCUT2D eigenvalue weighted by Crippen LogP contribution is 2.40. The van der Waals surface area contributed by atoms with Crippen molar-refractivity contribution in [2.24, 2.45) is 0 Å². The van der Waals surface area contributed by atoms with E-state index < -0.39 is 11.8 Å². The molecule has 0 bridgehead atoms. The van der Waals surface area contributed by atoms with Gasteiger partial charge in [0.2, 0.25) is 5.95 Å². The number of hydrogen-bond acceptors (Lipinski definition) is 12. The Balaban J connectivity index is 0.000000203. The fraction of sp³-hybridized carbons (Fsp3) is 0.344. The van der Waals surface area contributed by atoms with Crippen LogP contribution in [0.3, 0.4) is 0 Å². The third-order valence-corrected chi connectivity index (χ3v) is 9.46. The van der Waals surface area contributed by atoms with E-state index in [4.69, 9.17) is 20.8 Å². The summed E-state index contributed by atoms with van der Waals surface area (Å²) in [7, 11) is 0. The van der Waals surface area contributed by atoms with Gasteiger partial charge in [-0.1, -0.05) is 18.2 Å². The number of aryl methyl sites for hydroxylation is 1. The molecule has 1 aromatic carbocycles. The molecule has 6 aromatic rings. The van der Waals surface area contributed by atoms with Gasteiger partial charge < -0.3 is 30.8 Å². The van der Waals surface area contributed by atoms with Crippen LogP contribution in [0.4, 0.5) is 11.8 Å². The molecule has 1 aliphatic rings. The van der Waals surface area contributed by atoms with Gasteiger partial charge in [0.15, 0.2) is 17.3 Å². The molecule has 0 spiro atoms. The van der Waals surface area contributed by atoms with E-state index >= 15 is 0 Å². The lowest BCUT2D eigenvalue weighted by Crippen LogP contribution is -2.26. The number of nitrogens with two attached hydrogens (primary N) is 1. The van der Waals surface area contributed by atoms with E-state index in [2.05, 4.69) is 79.1 Å². The van der Waals surface area contributed by atoms with E-state index in [0.717, 1.165) is 46.6 Å². The number of nitrogen functional groups attached to an aromatic ring is 1. The molecule has 1 saturated heterocycles. The Labute approximate surface area is 274 Å². The highest BCUT2D eigenvalue weighted by Gasteiger charge is 2.34. The van der Waals surface area contributed by atoms with Gasteiger partial charge in [-0.2, -0.15) is 4.98 Å². The largest absolute Gasteiger partial charge is 0.395 e. The summed E-state index contributed by atoms with van der Waals surface area (Å²) in [5.74, 6) is 1.34. The van der Waals surface area contributed by atoms with Crippen LogP contribution in [0, 0.1) is 6.92 Å². The highest BCUT2D eigenvalue weighted by molar-refractivity contribution is 8.00. The highest BCUT2D eigenvalue weighted by atomic mass is 32.2. The number of aromatic nitrogens is 9. The van der Waals surface area contributed by atoms with Crippen LogP contribution in [-0.4, -0.2) is 78.7 Å². The molecule has 6 N–H and O–H groups in total. The number of H-pyrrole nitrogens is 1. The Morgan fingerprint density at radius 3 is 2.72 bits per heavy atom. The van der Waals surface area contributed by atoms with Crippen molar-refractivity contribution in [3.63, 3.8) is 0 Å². The predicted octanol–water partition coefficient (Wildman–Crippen LogP) is 3.49. The number of para-hydroxylation sites is 1. The van der Waals surface area contributed by atoms with E-state index in [1.54, 1.807) is 6.20 Å². The standard InChI is InChI=1S/C24H25N7.C8H12N4O3S/c1-15(2)31-14-28-21-23(26-9-8-17-13-27-20-7-5-4-6-19(17)20)29-22(30-24(21)31)18-10-16(3)11-25-12-18;9-7-10-3-12(8(15)11-7)6-1-4(14)5(2-13)16-6/h4-7,10-15,27H,8-9H2,1-3H3,(H,26,29,30);3-6,13-14H,1-2H2,(H2,9,11,15). The molecule has 14 nitrogen and oxygen atoms in total. The van der Waals surface area contributed by atoms with Crippen LogP contribution >= 0.6 is 11.8 Å². The molecular weight excluding hydrogens is 618 g/mol. The van der Waals surface area contributed by atoms with Crippen molar-refractivity contribution in [1.29, 1.82) is 0 Å². The fourth-order valence-electron chi connectivity index (χ4n) is 5.48. The summed E-state index contributed by atoms with van der Waals surface area (Å²) in [5, 5.41) is 22.8. The molecule has 7 rings (SSSR count). The van der Waals surface area contributed by atoms with Crippen molar-refractivity contribution in [2.75, 3.05) is 24.2 Å². The van der Waals surface area contributed by atoms with Gasteiger partial charge >= 0.3 is 5.69 Å². The van der Waals surface area contributed by atoms with Crippen molar-refractivity contribution in [2.45, 2.75) is 56.4 Å². The summed E-state index contributed by atoms with van der Waals surface area (Å²) >= 11 is 1.33. The third kappa shape index (κ3) is 6.96. The molecule has 1 fully saturated rings. The molecule has 0 aliphatic carbocycles. The zero-order chi connectivity index (χ0) is 33.1. The van der Waals surface area contributed by atoms with Crippen LogP contribution in [0.25, 0.3) is 33.5 Å². The number of aliphatic hydroxyl groups excluding tert-OH is 2. The topological polar surface area (TPSA) is 199 Å². The normalized spacial score (nSPS) is 17.7. The Morgan fingerprint density at radius 2 is 1.98 bits per heavy atom. The Kier molecular flexibility index (Phi) is 9.47. The first-order valence-corrected chi connectivity index (χ1v) is 16.3. The maximum atomic E-state index is 11.5. The number of aliphatic hydroxyl groups is 2. The lowest BCUT2D eigenvalue weighted by molar-refractivity contribution is 0.137. The number of benzene rings is 1. The SMILES string of the molecule is Cc1cncc(-c2nc(NCCc3c[nH]c4ccccc34)c3ncn(C(C)C)c3n2)c1.Nc1ncn(C2CC(O)C(CO)S2)c(=O)n1. The van der Waals surface area contributed by atoms with Crippen molar-refractivity contribution in [1.82, 2.24) is 44.0 Å². The van der Waals surface area contributed by atoms with Gasteiger partial charge in [0.05, 0.1) is 29.7 Å². The average Bonchev–Trinajstić information content (AvgIpc) is 3.78. The minimum atomic E-state index is -0.621. The van der Waals surface area contributed by atoms with Gasteiger partial charge in [-0.15, -0.1) is 11.8 Å². The number of anilines is 2. The van der Waals surface area contributed by atoms with Crippen LogP contribution in [0.2, 0.25) is 0 Å². The minimum Gasteiger partial charge on any atom is -0.395 e. The second-order valence-corrected chi connectivity index (χ2v) is 13.0. The molecule has 5 aromatic heterocycles. The number of imidazole rings is 1. The first kappa shape index (κ1) is 32.1. The summed E-state index contributed by atoms with van der Waals surface area (Å²) in [4.78, 5) is 40.7. The summed E-state index contributed by atoms with van der Waals surface area (Å²) in [6.07, 6.45) is 9.52. The van der Waals surface area contributed by atoms with E-state index in [-0.39, 0.29) is 29.2 Å². The minimum absolute atomic E-state index is 0.0662. The van der Waals surface area contributed by atoms with Gasteiger partial charge in [-0.3, -0.25) is 9.55 Å². The summed E-state index contributed by atoms with van der Waals surface area (Å²) in [5.41, 5.74) is 10.8. The van der Waals surface area contributed by atoms with Crippen LogP contribution < -0.4 is 16.7 Å². The molecule has 0 radical (unpaired) electrons.